The molecule has 0 aliphatic carbocycles. The highest BCUT2D eigenvalue weighted by Gasteiger charge is 2.05. The minimum atomic E-state index is 0.160. The van der Waals surface area contributed by atoms with E-state index in [4.69, 9.17) is 14.2 Å². The molecule has 0 heterocycles. The lowest BCUT2D eigenvalue weighted by Crippen LogP contribution is -2.09. The summed E-state index contributed by atoms with van der Waals surface area (Å²) in [6.07, 6.45) is 14.3. The van der Waals surface area contributed by atoms with E-state index in [1.807, 2.05) is 30.3 Å². The molecule has 2 rings (SSSR count). The van der Waals surface area contributed by atoms with E-state index in [-0.39, 0.29) is 6.10 Å². The lowest BCUT2D eigenvalue weighted by molar-refractivity contribution is 0.0648. The Morgan fingerprint density at radius 3 is 2.37 bits per heavy atom. The van der Waals surface area contributed by atoms with Gasteiger partial charge in [0.25, 0.3) is 0 Å². The second kappa shape index (κ2) is 15.5. The SMILES string of the molecule is CCCCC[C@@H](/C=C/C=C\CCOCc1ccc(OC)cc1)OCc1ccccc1. The van der Waals surface area contributed by atoms with Crippen molar-refractivity contribution >= 4 is 0 Å². The summed E-state index contributed by atoms with van der Waals surface area (Å²) in [6, 6.07) is 18.3. The molecule has 0 saturated carbocycles. The molecular weight excluding hydrogens is 372 g/mol. The Kier molecular flexibility index (Phi) is 12.3. The van der Waals surface area contributed by atoms with Crippen molar-refractivity contribution in [2.75, 3.05) is 13.7 Å². The summed E-state index contributed by atoms with van der Waals surface area (Å²) >= 11 is 0. The lowest BCUT2D eigenvalue weighted by atomic mass is 10.1. The number of hydrogen-bond donors (Lipinski definition) is 0. The Balaban J connectivity index is 1.66. The molecule has 0 unspecified atom stereocenters. The van der Waals surface area contributed by atoms with Crippen LogP contribution in [0.2, 0.25) is 0 Å². The third-order valence-corrected chi connectivity index (χ3v) is 4.83. The highest BCUT2D eigenvalue weighted by atomic mass is 16.5. The van der Waals surface area contributed by atoms with Crippen LogP contribution in [0, 0.1) is 0 Å². The Hall–Kier alpha value is -2.36. The van der Waals surface area contributed by atoms with E-state index >= 15 is 0 Å². The van der Waals surface area contributed by atoms with Gasteiger partial charge in [-0.05, 0) is 36.1 Å². The monoisotopic (exact) mass is 408 g/mol. The number of benzene rings is 2. The van der Waals surface area contributed by atoms with Gasteiger partial charge in [-0.1, -0.05) is 93.0 Å². The maximum Gasteiger partial charge on any atom is 0.118 e. The maximum absolute atomic E-state index is 6.13. The molecule has 0 aromatic heterocycles. The number of allylic oxidation sites excluding steroid dienone is 2. The van der Waals surface area contributed by atoms with Gasteiger partial charge in [-0.3, -0.25) is 0 Å². The van der Waals surface area contributed by atoms with Gasteiger partial charge in [0, 0.05) is 0 Å². The maximum atomic E-state index is 6.13. The average Bonchev–Trinajstić information content (AvgIpc) is 2.80. The zero-order valence-corrected chi connectivity index (χ0v) is 18.5. The van der Waals surface area contributed by atoms with Crippen LogP contribution in [0.15, 0.2) is 78.9 Å². The first-order valence-electron chi connectivity index (χ1n) is 11.0. The van der Waals surface area contributed by atoms with E-state index < -0.39 is 0 Å². The van der Waals surface area contributed by atoms with Crippen molar-refractivity contribution in [1.82, 2.24) is 0 Å². The van der Waals surface area contributed by atoms with Crippen molar-refractivity contribution in [3.8, 4) is 5.75 Å². The van der Waals surface area contributed by atoms with Crippen molar-refractivity contribution in [2.45, 2.75) is 58.3 Å². The standard InChI is InChI=1S/C27H36O3/c1-3-4-8-15-27(30-23-24-13-9-7-10-14-24)16-11-5-6-12-21-29-22-25-17-19-26(28-2)20-18-25/h5-7,9-11,13-14,16-20,27H,3-4,8,12,15,21-23H2,1-2H3/b6-5-,16-11+/t27-/m0/s1. The van der Waals surface area contributed by atoms with E-state index in [1.54, 1.807) is 7.11 Å². The first kappa shape index (κ1) is 23.9. The number of methoxy groups -OCH3 is 1. The van der Waals surface area contributed by atoms with Crippen molar-refractivity contribution in [3.63, 3.8) is 0 Å². The van der Waals surface area contributed by atoms with Crippen molar-refractivity contribution < 1.29 is 14.2 Å². The summed E-state index contributed by atoms with van der Waals surface area (Å²) < 4.78 is 17.0. The molecule has 0 N–H and O–H groups in total. The molecule has 0 amide bonds. The van der Waals surface area contributed by atoms with E-state index in [9.17, 15) is 0 Å². The summed E-state index contributed by atoms with van der Waals surface area (Å²) in [4.78, 5) is 0. The summed E-state index contributed by atoms with van der Waals surface area (Å²) in [5, 5.41) is 0. The smallest absolute Gasteiger partial charge is 0.118 e. The molecule has 2 aromatic rings. The molecule has 3 nitrogen and oxygen atoms in total. The number of unbranched alkanes of at least 4 members (excludes halogenated alkanes) is 2. The van der Waals surface area contributed by atoms with Gasteiger partial charge in [-0.15, -0.1) is 0 Å². The summed E-state index contributed by atoms with van der Waals surface area (Å²) in [5.41, 5.74) is 2.38. The molecule has 162 valence electrons. The van der Waals surface area contributed by atoms with Crippen molar-refractivity contribution in [3.05, 3.63) is 90.0 Å². The minimum absolute atomic E-state index is 0.160. The average molecular weight is 409 g/mol. The zero-order chi connectivity index (χ0) is 21.3. The Morgan fingerprint density at radius 1 is 0.867 bits per heavy atom. The molecule has 0 fully saturated rings. The van der Waals surface area contributed by atoms with Crippen LogP contribution in [-0.2, 0) is 22.7 Å². The Labute approximate surface area is 182 Å². The van der Waals surface area contributed by atoms with Gasteiger partial charge in [0.2, 0.25) is 0 Å². The van der Waals surface area contributed by atoms with Gasteiger partial charge in [-0.25, -0.2) is 0 Å². The first-order chi connectivity index (χ1) is 14.8. The van der Waals surface area contributed by atoms with Crippen LogP contribution in [-0.4, -0.2) is 19.8 Å². The first-order valence-corrected chi connectivity index (χ1v) is 11.0. The molecule has 0 aliphatic heterocycles. The fourth-order valence-corrected chi connectivity index (χ4v) is 3.03. The highest BCUT2D eigenvalue weighted by molar-refractivity contribution is 5.26. The van der Waals surface area contributed by atoms with Crippen molar-refractivity contribution in [1.29, 1.82) is 0 Å². The highest BCUT2D eigenvalue weighted by Crippen LogP contribution is 2.13. The summed E-state index contributed by atoms with van der Waals surface area (Å²) in [6.45, 7) is 4.22. The van der Waals surface area contributed by atoms with Gasteiger partial charge in [0.1, 0.15) is 5.75 Å². The van der Waals surface area contributed by atoms with E-state index in [2.05, 4.69) is 55.5 Å². The van der Waals surface area contributed by atoms with Gasteiger partial charge in [-0.2, -0.15) is 0 Å². The second-order valence-corrected chi connectivity index (χ2v) is 7.33. The normalized spacial score (nSPS) is 12.6. The topological polar surface area (TPSA) is 27.7 Å². The largest absolute Gasteiger partial charge is 0.497 e. The molecule has 30 heavy (non-hydrogen) atoms. The fourth-order valence-electron chi connectivity index (χ4n) is 3.03. The fraction of sp³-hybridized carbons (Fsp3) is 0.407. The Bertz CT molecular complexity index is 720. The van der Waals surface area contributed by atoms with Crippen LogP contribution >= 0.6 is 0 Å². The lowest BCUT2D eigenvalue weighted by Gasteiger charge is -2.14. The second-order valence-electron chi connectivity index (χ2n) is 7.33. The number of ether oxygens (including phenoxy) is 3. The van der Waals surface area contributed by atoms with E-state index in [0.29, 0.717) is 19.8 Å². The Morgan fingerprint density at radius 2 is 1.63 bits per heavy atom. The van der Waals surface area contributed by atoms with Crippen LogP contribution < -0.4 is 4.74 Å². The van der Waals surface area contributed by atoms with Gasteiger partial charge < -0.3 is 14.2 Å². The molecular formula is C27H36O3. The molecule has 0 bridgehead atoms. The van der Waals surface area contributed by atoms with Crippen LogP contribution in [0.4, 0.5) is 0 Å². The van der Waals surface area contributed by atoms with Crippen LogP contribution in [0.3, 0.4) is 0 Å². The van der Waals surface area contributed by atoms with Gasteiger partial charge in [0.05, 0.1) is 33.0 Å². The number of rotatable bonds is 15. The molecule has 2 aromatic carbocycles. The molecule has 3 heteroatoms. The molecule has 1 atom stereocenters. The molecule has 0 spiro atoms. The third kappa shape index (κ3) is 10.4. The van der Waals surface area contributed by atoms with Crippen LogP contribution in [0.1, 0.15) is 50.2 Å². The zero-order valence-electron chi connectivity index (χ0n) is 18.5. The molecule has 0 aliphatic rings. The van der Waals surface area contributed by atoms with Gasteiger partial charge >= 0.3 is 0 Å². The predicted molar refractivity (Wildman–Crippen MR) is 125 cm³/mol. The van der Waals surface area contributed by atoms with Gasteiger partial charge in [0.15, 0.2) is 0 Å². The summed E-state index contributed by atoms with van der Waals surface area (Å²) in [5.74, 6) is 0.870. The quantitative estimate of drug-likeness (QED) is 0.237. The summed E-state index contributed by atoms with van der Waals surface area (Å²) in [7, 11) is 1.68. The molecule has 0 saturated heterocycles. The van der Waals surface area contributed by atoms with Crippen LogP contribution in [0.25, 0.3) is 0 Å². The van der Waals surface area contributed by atoms with E-state index in [0.717, 1.165) is 24.2 Å². The molecule has 0 radical (unpaired) electrons. The van der Waals surface area contributed by atoms with E-state index in [1.165, 1.54) is 24.8 Å². The number of hydrogen-bond acceptors (Lipinski definition) is 3. The van der Waals surface area contributed by atoms with Crippen molar-refractivity contribution in [2.24, 2.45) is 0 Å². The third-order valence-electron chi connectivity index (χ3n) is 4.83. The predicted octanol–water partition coefficient (Wildman–Crippen LogP) is 6.88. The minimum Gasteiger partial charge on any atom is -0.497 e. The van der Waals surface area contributed by atoms with Crippen LogP contribution in [0.5, 0.6) is 5.75 Å².